The zero-order chi connectivity index (χ0) is 20.8. The van der Waals surface area contributed by atoms with Crippen LogP contribution in [0.3, 0.4) is 0 Å². The number of esters is 1. The number of benzene rings is 2. The van der Waals surface area contributed by atoms with Gasteiger partial charge in [-0.2, -0.15) is 5.26 Å². The zero-order valence-electron chi connectivity index (χ0n) is 15.3. The lowest BCUT2D eigenvalue weighted by atomic mass is 10.2. The van der Waals surface area contributed by atoms with Crippen LogP contribution in [0.25, 0.3) is 0 Å². The molecule has 0 bridgehead atoms. The van der Waals surface area contributed by atoms with E-state index in [9.17, 15) is 14.7 Å². The van der Waals surface area contributed by atoms with Gasteiger partial charge in [-0.1, -0.05) is 11.6 Å². The van der Waals surface area contributed by atoms with Gasteiger partial charge < -0.3 is 24.2 Å². The Morgan fingerprint density at radius 3 is 2.66 bits per heavy atom. The fourth-order valence-corrected chi connectivity index (χ4v) is 2.89. The van der Waals surface area contributed by atoms with Gasteiger partial charge in [0.1, 0.15) is 24.5 Å². The highest BCUT2D eigenvalue weighted by Gasteiger charge is 2.22. The molecule has 1 amide bonds. The van der Waals surface area contributed by atoms with Crippen molar-refractivity contribution in [3.8, 4) is 23.3 Å². The Morgan fingerprint density at radius 1 is 1.17 bits per heavy atom. The Bertz CT molecular complexity index is 972. The van der Waals surface area contributed by atoms with Crippen molar-refractivity contribution in [1.29, 1.82) is 5.26 Å². The van der Waals surface area contributed by atoms with E-state index in [1.807, 2.05) is 6.07 Å². The summed E-state index contributed by atoms with van der Waals surface area (Å²) in [4.78, 5) is 26.2. The number of halogens is 1. The average Bonchev–Trinajstić information content (AvgIpc) is 2.72. The van der Waals surface area contributed by atoms with Crippen LogP contribution in [0.2, 0.25) is 5.02 Å². The van der Waals surface area contributed by atoms with Crippen LogP contribution in [-0.2, 0) is 9.53 Å². The van der Waals surface area contributed by atoms with Crippen LogP contribution in [-0.4, -0.2) is 43.3 Å². The number of nitrogens with zero attached hydrogens (tertiary/aromatic N) is 2. The number of carbonyl (C=O) groups is 2. The van der Waals surface area contributed by atoms with Gasteiger partial charge in [0.05, 0.1) is 12.5 Å². The third-order valence-electron chi connectivity index (χ3n) is 4.09. The SMILES string of the molecule is N#CCCN(C(=O)COC(=O)c1ccc(Cl)cc1O)c1ccc2c(c1)OCCO2. The number of phenols is 1. The van der Waals surface area contributed by atoms with Crippen LogP contribution in [0, 0.1) is 11.3 Å². The second kappa shape index (κ2) is 9.17. The number of phenolic OH excluding ortho intramolecular Hbond substituents is 1. The molecular weight excluding hydrogens is 400 g/mol. The van der Waals surface area contributed by atoms with Crippen LogP contribution < -0.4 is 14.4 Å². The number of ether oxygens (including phenoxy) is 3. The van der Waals surface area contributed by atoms with E-state index in [4.69, 9.17) is 31.1 Å². The number of carbonyl (C=O) groups excluding carboxylic acids is 2. The van der Waals surface area contributed by atoms with Gasteiger partial charge in [-0.15, -0.1) is 0 Å². The molecule has 9 heteroatoms. The molecule has 0 saturated heterocycles. The van der Waals surface area contributed by atoms with Crippen molar-refractivity contribution >= 4 is 29.2 Å². The number of anilines is 1. The summed E-state index contributed by atoms with van der Waals surface area (Å²) in [5.41, 5.74) is 0.380. The number of fused-ring (bicyclic) bond motifs is 1. The van der Waals surface area contributed by atoms with Crippen molar-refractivity contribution in [3.05, 3.63) is 47.0 Å². The largest absolute Gasteiger partial charge is 0.507 e. The van der Waals surface area contributed by atoms with E-state index < -0.39 is 18.5 Å². The Labute approximate surface area is 171 Å². The first-order chi connectivity index (χ1) is 14.0. The van der Waals surface area contributed by atoms with Gasteiger partial charge in [0.25, 0.3) is 5.91 Å². The lowest BCUT2D eigenvalue weighted by Crippen LogP contribution is -2.35. The summed E-state index contributed by atoms with van der Waals surface area (Å²) in [7, 11) is 0. The highest BCUT2D eigenvalue weighted by Crippen LogP contribution is 2.34. The maximum atomic E-state index is 12.7. The maximum Gasteiger partial charge on any atom is 0.342 e. The van der Waals surface area contributed by atoms with E-state index in [1.54, 1.807) is 18.2 Å². The molecule has 0 saturated carbocycles. The van der Waals surface area contributed by atoms with Gasteiger partial charge in [-0.3, -0.25) is 4.79 Å². The number of rotatable bonds is 6. The lowest BCUT2D eigenvalue weighted by Gasteiger charge is -2.24. The fourth-order valence-electron chi connectivity index (χ4n) is 2.72. The van der Waals surface area contributed by atoms with Crippen LogP contribution in [0.15, 0.2) is 36.4 Å². The molecule has 0 fully saturated rings. The van der Waals surface area contributed by atoms with Crippen LogP contribution in [0.4, 0.5) is 5.69 Å². The molecule has 150 valence electrons. The van der Waals surface area contributed by atoms with Crippen molar-refractivity contribution in [2.45, 2.75) is 6.42 Å². The van der Waals surface area contributed by atoms with Gasteiger partial charge in [0.2, 0.25) is 0 Å². The minimum absolute atomic E-state index is 0.0894. The summed E-state index contributed by atoms with van der Waals surface area (Å²) in [5, 5.41) is 19.0. The molecule has 0 aliphatic carbocycles. The molecule has 3 rings (SSSR count). The second-order valence-electron chi connectivity index (χ2n) is 6.02. The molecule has 1 heterocycles. The van der Waals surface area contributed by atoms with Gasteiger partial charge in [0.15, 0.2) is 18.1 Å². The Balaban J connectivity index is 1.72. The minimum Gasteiger partial charge on any atom is -0.507 e. The van der Waals surface area contributed by atoms with E-state index in [1.165, 1.54) is 23.1 Å². The number of nitriles is 1. The van der Waals surface area contributed by atoms with Gasteiger partial charge in [0, 0.05) is 23.3 Å². The topological polar surface area (TPSA) is 109 Å². The first kappa shape index (κ1) is 20.3. The molecule has 1 aliphatic rings. The van der Waals surface area contributed by atoms with Gasteiger partial charge >= 0.3 is 5.97 Å². The third kappa shape index (κ3) is 4.89. The van der Waals surface area contributed by atoms with Crippen LogP contribution in [0.5, 0.6) is 17.2 Å². The van der Waals surface area contributed by atoms with Crippen molar-refractivity contribution < 1.29 is 28.9 Å². The first-order valence-electron chi connectivity index (χ1n) is 8.72. The van der Waals surface area contributed by atoms with E-state index in [0.29, 0.717) is 30.4 Å². The molecule has 2 aromatic carbocycles. The van der Waals surface area contributed by atoms with Crippen molar-refractivity contribution in [2.75, 3.05) is 31.3 Å². The smallest absolute Gasteiger partial charge is 0.342 e. The van der Waals surface area contributed by atoms with E-state index >= 15 is 0 Å². The number of hydrogen-bond donors (Lipinski definition) is 1. The first-order valence-corrected chi connectivity index (χ1v) is 9.10. The maximum absolute atomic E-state index is 12.7. The van der Waals surface area contributed by atoms with Crippen molar-refractivity contribution in [3.63, 3.8) is 0 Å². The van der Waals surface area contributed by atoms with E-state index in [-0.39, 0.29) is 29.3 Å². The Hall–Kier alpha value is -3.44. The Morgan fingerprint density at radius 2 is 1.93 bits per heavy atom. The standard InChI is InChI=1S/C20H17ClN2O6/c21-13-2-4-15(16(24)10-13)20(26)29-12-19(25)23(7-1-6-22)14-3-5-17-18(11-14)28-9-8-27-17/h2-5,10-11,24H,1,7-9,12H2. The highest BCUT2D eigenvalue weighted by molar-refractivity contribution is 6.30. The van der Waals surface area contributed by atoms with Crippen LogP contribution in [0.1, 0.15) is 16.8 Å². The molecule has 29 heavy (non-hydrogen) atoms. The van der Waals surface area contributed by atoms with E-state index in [2.05, 4.69) is 0 Å². The lowest BCUT2D eigenvalue weighted by molar-refractivity contribution is -0.121. The van der Waals surface area contributed by atoms with E-state index in [0.717, 1.165) is 0 Å². The summed E-state index contributed by atoms with van der Waals surface area (Å²) < 4.78 is 16.0. The number of hydrogen-bond acceptors (Lipinski definition) is 7. The Kier molecular flexibility index (Phi) is 6.42. The number of aromatic hydroxyl groups is 1. The fraction of sp³-hybridized carbons (Fsp3) is 0.250. The molecule has 0 atom stereocenters. The quantitative estimate of drug-likeness (QED) is 0.721. The molecule has 1 aliphatic heterocycles. The molecule has 0 aromatic heterocycles. The number of amides is 1. The van der Waals surface area contributed by atoms with Gasteiger partial charge in [-0.05, 0) is 30.3 Å². The molecule has 0 radical (unpaired) electrons. The summed E-state index contributed by atoms with van der Waals surface area (Å²) in [5.74, 6) is -0.680. The monoisotopic (exact) mass is 416 g/mol. The molecule has 8 nitrogen and oxygen atoms in total. The van der Waals surface area contributed by atoms with Crippen LogP contribution >= 0.6 is 11.6 Å². The third-order valence-corrected chi connectivity index (χ3v) is 4.33. The summed E-state index contributed by atoms with van der Waals surface area (Å²) in [6.45, 7) is 0.376. The molecule has 1 N–H and O–H groups in total. The summed E-state index contributed by atoms with van der Waals surface area (Å²) >= 11 is 5.74. The predicted molar refractivity (Wildman–Crippen MR) is 103 cm³/mol. The molecule has 2 aromatic rings. The average molecular weight is 417 g/mol. The summed E-state index contributed by atoms with van der Waals surface area (Å²) in [6.07, 6.45) is 0.0894. The van der Waals surface area contributed by atoms with Crippen molar-refractivity contribution in [2.24, 2.45) is 0 Å². The highest BCUT2D eigenvalue weighted by atomic mass is 35.5. The van der Waals surface area contributed by atoms with Crippen molar-refractivity contribution in [1.82, 2.24) is 0 Å². The molecule has 0 unspecified atom stereocenters. The normalized spacial score (nSPS) is 12.0. The predicted octanol–water partition coefficient (Wildman–Crippen LogP) is 2.92. The minimum atomic E-state index is -0.866. The second-order valence-corrected chi connectivity index (χ2v) is 6.46. The zero-order valence-corrected chi connectivity index (χ0v) is 16.0. The summed E-state index contributed by atoms with van der Waals surface area (Å²) in [6, 6.07) is 10.9. The molecular formula is C20H17ClN2O6. The van der Waals surface area contributed by atoms with Gasteiger partial charge in [-0.25, -0.2) is 4.79 Å². The molecule has 0 spiro atoms.